The first-order chi connectivity index (χ1) is 16.8. The number of benzene rings is 4. The van der Waals surface area contributed by atoms with Crippen molar-refractivity contribution in [2.24, 2.45) is 0 Å². The molecule has 1 aliphatic carbocycles. The summed E-state index contributed by atoms with van der Waals surface area (Å²) >= 11 is -2.69. The van der Waals surface area contributed by atoms with Crippen molar-refractivity contribution in [2.45, 2.75) is 29.8 Å². The van der Waals surface area contributed by atoms with Crippen LogP contribution in [0.1, 0.15) is 40.9 Å². The van der Waals surface area contributed by atoms with Crippen LogP contribution in [0.3, 0.4) is 0 Å². The van der Waals surface area contributed by atoms with Crippen LogP contribution in [0.2, 0.25) is 0 Å². The van der Waals surface area contributed by atoms with E-state index in [1.165, 1.54) is 32.6 Å². The van der Waals surface area contributed by atoms with Gasteiger partial charge in [0.1, 0.15) is 0 Å². The van der Waals surface area contributed by atoms with Crippen LogP contribution >= 0.6 is 0 Å². The van der Waals surface area contributed by atoms with Gasteiger partial charge in [-0.3, -0.25) is 0 Å². The van der Waals surface area contributed by atoms with Crippen molar-refractivity contribution in [2.75, 3.05) is 0 Å². The van der Waals surface area contributed by atoms with Crippen molar-refractivity contribution < 1.29 is 50.8 Å². The van der Waals surface area contributed by atoms with Gasteiger partial charge in [0.15, 0.2) is 0 Å². The Kier molecular flexibility index (Phi) is 10.8. The minimum absolute atomic E-state index is 0. The molecule has 2 nitrogen and oxygen atoms in total. The molecule has 0 saturated heterocycles. The van der Waals surface area contributed by atoms with E-state index >= 15 is 0 Å². The van der Waals surface area contributed by atoms with E-state index in [1.807, 2.05) is 0 Å². The monoisotopic (exact) mass is 608 g/mol. The number of carbonyl (C=O) groups excluding carboxylic acids is 1. The standard InChI is InChI=1S/C13H9.C12H11Si.C5H11NO.2ClH.Zr/c1-3-7-12-10(5-1)9-11-6-2-4-8-13(11)12;1-3-7-11(8-4-1)13-12-9-5-2-6-10-12;1-2-3-4-5(6)7;;;/h1-9H;1-10,13H;2-4H2,1H3,(H2,6,7);2*1H;/q;;;;;+3/p-3. The summed E-state index contributed by atoms with van der Waals surface area (Å²) in [5, 5.41) is 2.89. The van der Waals surface area contributed by atoms with Crippen molar-refractivity contribution in [1.82, 2.24) is 3.26 Å². The second kappa shape index (κ2) is 13.5. The van der Waals surface area contributed by atoms with E-state index < -0.39 is 27.1 Å². The first-order valence-electron chi connectivity index (χ1n) is 12.2. The van der Waals surface area contributed by atoms with Gasteiger partial charge in [0.2, 0.25) is 0 Å². The average Bonchev–Trinajstić information content (AvgIpc) is 3.23. The van der Waals surface area contributed by atoms with E-state index in [-0.39, 0.29) is 30.7 Å². The van der Waals surface area contributed by atoms with Gasteiger partial charge in [-0.05, 0) is 0 Å². The fourth-order valence-electron chi connectivity index (χ4n) is 5.20. The number of fused-ring (bicyclic) bond motifs is 3. The SMILES string of the molecule is CCCCC(=O)[NH][Zr+2]([CH]1c2ccccc2-c2ccccc21)[SiH](c1ccccc1)c1ccccc1.[Cl-].[Cl-]. The Morgan fingerprint density at radius 2 is 1.17 bits per heavy atom. The van der Waals surface area contributed by atoms with Gasteiger partial charge in [0, 0.05) is 0 Å². The Labute approximate surface area is 236 Å². The van der Waals surface area contributed by atoms with Crippen molar-refractivity contribution in [3.8, 4) is 11.1 Å². The maximum Gasteiger partial charge on any atom is -1.00 e. The minimum atomic E-state index is -2.69. The number of hydrogen-bond acceptors (Lipinski definition) is 1. The molecule has 0 aromatic heterocycles. The second-order valence-corrected chi connectivity index (χ2v) is 23.4. The molecule has 0 heterocycles. The van der Waals surface area contributed by atoms with E-state index in [4.69, 9.17) is 0 Å². The topological polar surface area (TPSA) is 29.1 Å². The molecule has 36 heavy (non-hydrogen) atoms. The predicted octanol–water partition coefficient (Wildman–Crippen LogP) is -0.858. The van der Waals surface area contributed by atoms with Gasteiger partial charge in [-0.1, -0.05) is 0 Å². The Morgan fingerprint density at radius 1 is 0.722 bits per heavy atom. The molecule has 0 saturated carbocycles. The molecule has 183 valence electrons. The van der Waals surface area contributed by atoms with Gasteiger partial charge in [-0.2, -0.15) is 0 Å². The van der Waals surface area contributed by atoms with Gasteiger partial charge in [0.05, 0.1) is 0 Å². The van der Waals surface area contributed by atoms with Crippen LogP contribution in [0.5, 0.6) is 0 Å². The molecule has 5 rings (SSSR count). The molecular weight excluding hydrogens is 581 g/mol. The summed E-state index contributed by atoms with van der Waals surface area (Å²) in [7, 11) is 0. The smallest absolute Gasteiger partial charge is 1.00 e. The van der Waals surface area contributed by atoms with Gasteiger partial charge < -0.3 is 24.8 Å². The Hall–Kier alpha value is -1.97. The largest absolute Gasteiger partial charge is 1.00 e. The summed E-state index contributed by atoms with van der Waals surface area (Å²) < 4.78 is 4.12. The quantitative estimate of drug-likeness (QED) is 0.259. The number of carbonyl (C=O) groups is 1. The molecule has 0 radical (unpaired) electrons. The van der Waals surface area contributed by atoms with Gasteiger partial charge in [-0.15, -0.1) is 0 Å². The van der Waals surface area contributed by atoms with Crippen LogP contribution < -0.4 is 38.4 Å². The van der Waals surface area contributed by atoms with E-state index in [1.54, 1.807) is 0 Å². The molecule has 1 amide bonds. The van der Waals surface area contributed by atoms with E-state index in [0.717, 1.165) is 12.8 Å². The average molecular weight is 611 g/mol. The molecular formula is C30H30Cl2NOSiZr. The number of halogens is 2. The summed E-state index contributed by atoms with van der Waals surface area (Å²) in [4.78, 5) is 13.3. The zero-order chi connectivity index (χ0) is 23.3. The summed E-state index contributed by atoms with van der Waals surface area (Å²) in [6.07, 6.45) is 2.61. The van der Waals surface area contributed by atoms with Crippen LogP contribution in [0.25, 0.3) is 11.1 Å². The number of unbranched alkanes of at least 4 members (excludes halogenated alkanes) is 1. The van der Waals surface area contributed by atoms with Crippen LogP contribution in [0.4, 0.5) is 0 Å². The van der Waals surface area contributed by atoms with E-state index in [0.29, 0.717) is 10.0 Å². The molecule has 4 aromatic carbocycles. The number of hydrogen-bond donors (Lipinski definition) is 1. The Morgan fingerprint density at radius 3 is 1.64 bits per heavy atom. The Bertz CT molecular complexity index is 1190. The normalized spacial score (nSPS) is 11.6. The molecule has 0 aliphatic heterocycles. The van der Waals surface area contributed by atoms with Gasteiger partial charge in [-0.25, -0.2) is 0 Å². The second-order valence-electron chi connectivity index (χ2n) is 8.97. The first kappa shape index (κ1) is 28.6. The zero-order valence-corrected chi connectivity index (χ0v) is 25.5. The van der Waals surface area contributed by atoms with E-state index in [9.17, 15) is 4.79 Å². The molecule has 4 aromatic rings. The van der Waals surface area contributed by atoms with Crippen molar-refractivity contribution >= 4 is 22.2 Å². The maximum absolute atomic E-state index is 13.3. The third-order valence-corrected chi connectivity index (χ3v) is 26.3. The first-order valence-corrected chi connectivity index (χ1v) is 20.9. The third kappa shape index (κ3) is 5.94. The van der Waals surface area contributed by atoms with Crippen molar-refractivity contribution in [1.29, 1.82) is 0 Å². The Balaban J connectivity index is 0.00000180. The van der Waals surface area contributed by atoms with Crippen molar-refractivity contribution in [3.05, 3.63) is 120 Å². The molecule has 6 heteroatoms. The van der Waals surface area contributed by atoms with Crippen LogP contribution in [-0.4, -0.2) is 11.8 Å². The van der Waals surface area contributed by atoms with Gasteiger partial charge in [0.25, 0.3) is 0 Å². The van der Waals surface area contributed by atoms with Crippen LogP contribution in [0.15, 0.2) is 109 Å². The molecule has 0 fully saturated rings. The number of rotatable bonds is 8. The molecule has 1 aliphatic rings. The van der Waals surface area contributed by atoms with Crippen LogP contribution in [-0.2, 0) is 26.0 Å². The summed E-state index contributed by atoms with van der Waals surface area (Å²) in [6.45, 7) is 2.15. The molecule has 0 spiro atoms. The minimum Gasteiger partial charge on any atom is -1.00 e. The number of amides is 1. The predicted molar refractivity (Wildman–Crippen MR) is 141 cm³/mol. The molecule has 0 bridgehead atoms. The summed E-state index contributed by atoms with van der Waals surface area (Å²) in [5.74, 6) is -1.41. The zero-order valence-electron chi connectivity index (χ0n) is 20.3. The number of nitrogens with one attached hydrogen (secondary N) is 1. The fraction of sp³-hybridized carbons (Fsp3) is 0.167. The summed E-state index contributed by atoms with van der Waals surface area (Å²) in [6, 6.07) is 39.8. The summed E-state index contributed by atoms with van der Waals surface area (Å²) in [5.41, 5.74) is 5.52. The third-order valence-electron chi connectivity index (χ3n) is 6.76. The molecule has 1 N–H and O–H groups in total. The molecule has 0 atom stereocenters. The maximum atomic E-state index is 13.3. The van der Waals surface area contributed by atoms with E-state index in [2.05, 4.69) is 119 Å². The fourth-order valence-corrected chi connectivity index (χ4v) is 27.1. The van der Waals surface area contributed by atoms with Gasteiger partial charge >= 0.3 is 213 Å². The van der Waals surface area contributed by atoms with Crippen molar-refractivity contribution in [3.63, 3.8) is 0 Å². The molecule has 0 unspecified atom stereocenters. The van der Waals surface area contributed by atoms with Crippen LogP contribution in [0, 0.1) is 0 Å².